The van der Waals surface area contributed by atoms with E-state index in [9.17, 15) is 0 Å². The lowest BCUT2D eigenvalue weighted by atomic mass is 10.1. The highest BCUT2D eigenvalue weighted by molar-refractivity contribution is 14.1. The predicted octanol–water partition coefficient (Wildman–Crippen LogP) is 4.23. The molecule has 158 valence electrons. The Morgan fingerprint density at radius 2 is 1.87 bits per heavy atom. The van der Waals surface area contributed by atoms with Crippen LogP contribution in [-0.2, 0) is 14.2 Å². The molecule has 2 aliphatic heterocycles. The summed E-state index contributed by atoms with van der Waals surface area (Å²) in [6, 6.07) is 7.72. The summed E-state index contributed by atoms with van der Waals surface area (Å²) in [6.45, 7) is 5.89. The van der Waals surface area contributed by atoms with Crippen LogP contribution in [-0.4, -0.2) is 45.7 Å². The molecule has 30 heavy (non-hydrogen) atoms. The lowest BCUT2D eigenvalue weighted by molar-refractivity contribution is -0.194. The van der Waals surface area contributed by atoms with E-state index in [1.807, 2.05) is 55.8 Å². The van der Waals surface area contributed by atoms with E-state index in [4.69, 9.17) is 18.9 Å². The summed E-state index contributed by atoms with van der Waals surface area (Å²) in [7, 11) is 1.65. The fraction of sp³-hybridized carbons (Fsp3) is 0.429. The molecule has 8 nitrogen and oxygen atoms in total. The predicted molar refractivity (Wildman–Crippen MR) is 120 cm³/mol. The van der Waals surface area contributed by atoms with Gasteiger partial charge in [-0.1, -0.05) is 0 Å². The molecule has 5 rings (SSSR count). The van der Waals surface area contributed by atoms with Crippen LogP contribution >= 0.6 is 22.6 Å². The van der Waals surface area contributed by atoms with Gasteiger partial charge in [0, 0.05) is 15.5 Å². The number of halogens is 1. The molecule has 2 aromatic heterocycles. The first-order valence-corrected chi connectivity index (χ1v) is 10.9. The van der Waals surface area contributed by atoms with E-state index in [0.29, 0.717) is 0 Å². The largest absolute Gasteiger partial charge is 0.497 e. The molecule has 3 aromatic rings. The van der Waals surface area contributed by atoms with Crippen LogP contribution < -0.4 is 10.1 Å². The molecule has 1 aromatic carbocycles. The monoisotopic (exact) mass is 522 g/mol. The van der Waals surface area contributed by atoms with Gasteiger partial charge in [0.25, 0.3) is 0 Å². The highest BCUT2D eigenvalue weighted by atomic mass is 127. The Bertz CT molecular complexity index is 1080. The number of nitrogens with zero attached hydrogens (tertiary/aromatic N) is 3. The number of fused-ring (bicyclic) bond motifs is 2. The van der Waals surface area contributed by atoms with Gasteiger partial charge >= 0.3 is 0 Å². The topological polar surface area (TPSA) is 79.7 Å². The van der Waals surface area contributed by atoms with Gasteiger partial charge in [-0.15, -0.1) is 0 Å². The molecule has 0 bridgehead atoms. The standard InChI is InChI=1S/C21H23IN4O4/c1-11-16-17(30-21(2,3)29-16)20(28-11)26-9-14(22)15-18(23-10-24-19(15)26)25-12-5-7-13(27-4)8-6-12/h5-11,16-17,20H,1-4H3,(H,23,24,25)/t11-,16-,17-,20-/m1/s1. The van der Waals surface area contributed by atoms with Crippen molar-refractivity contribution in [2.75, 3.05) is 12.4 Å². The van der Waals surface area contributed by atoms with Crippen molar-refractivity contribution >= 4 is 45.1 Å². The Labute approximate surface area is 188 Å². The first-order valence-electron chi connectivity index (χ1n) is 9.79. The number of rotatable bonds is 4. The number of methoxy groups -OCH3 is 1. The van der Waals surface area contributed by atoms with Crippen molar-refractivity contribution in [1.82, 2.24) is 14.5 Å². The van der Waals surface area contributed by atoms with Gasteiger partial charge in [-0.25, -0.2) is 9.97 Å². The van der Waals surface area contributed by atoms with Gasteiger partial charge in [0.15, 0.2) is 12.0 Å². The van der Waals surface area contributed by atoms with Crippen molar-refractivity contribution in [3.63, 3.8) is 0 Å². The molecule has 1 N–H and O–H groups in total. The van der Waals surface area contributed by atoms with Crippen molar-refractivity contribution in [3.8, 4) is 5.75 Å². The van der Waals surface area contributed by atoms with E-state index in [-0.39, 0.29) is 24.5 Å². The molecule has 0 saturated carbocycles. The van der Waals surface area contributed by atoms with Gasteiger partial charge in [0.1, 0.15) is 35.7 Å². The number of hydrogen-bond acceptors (Lipinski definition) is 7. The molecule has 0 aliphatic carbocycles. The number of anilines is 2. The van der Waals surface area contributed by atoms with Crippen molar-refractivity contribution in [3.05, 3.63) is 40.4 Å². The molecular formula is C21H23IN4O4. The first-order chi connectivity index (χ1) is 14.4. The number of ether oxygens (including phenoxy) is 4. The molecule has 2 fully saturated rings. The SMILES string of the molecule is COc1ccc(Nc2ncnc3c2c(I)cn3[C@@H]2O[C@H](C)[C@H]3OC(C)(C)O[C@H]32)cc1. The van der Waals surface area contributed by atoms with Gasteiger partial charge in [-0.05, 0) is 67.6 Å². The molecule has 2 saturated heterocycles. The maximum atomic E-state index is 6.23. The molecule has 4 atom stereocenters. The van der Waals surface area contributed by atoms with Crippen LogP contribution in [0.5, 0.6) is 5.75 Å². The maximum Gasteiger partial charge on any atom is 0.164 e. The average molecular weight is 522 g/mol. The number of hydrogen-bond donors (Lipinski definition) is 1. The molecule has 4 heterocycles. The van der Waals surface area contributed by atoms with Gasteiger partial charge in [-0.3, -0.25) is 0 Å². The van der Waals surface area contributed by atoms with Crippen LogP contribution in [0.15, 0.2) is 36.8 Å². The van der Waals surface area contributed by atoms with E-state index < -0.39 is 5.79 Å². The second-order valence-electron chi connectivity index (χ2n) is 7.96. The van der Waals surface area contributed by atoms with E-state index in [1.165, 1.54) is 0 Å². The molecule has 9 heteroatoms. The van der Waals surface area contributed by atoms with Gasteiger partial charge in [-0.2, -0.15) is 0 Å². The third kappa shape index (κ3) is 3.33. The quantitative estimate of drug-likeness (QED) is 0.514. The van der Waals surface area contributed by atoms with E-state index in [1.54, 1.807) is 13.4 Å². The molecule has 0 spiro atoms. The Morgan fingerprint density at radius 1 is 1.13 bits per heavy atom. The molecule has 0 unspecified atom stereocenters. The normalized spacial score (nSPS) is 27.4. The van der Waals surface area contributed by atoms with Crippen molar-refractivity contribution < 1.29 is 18.9 Å². The van der Waals surface area contributed by atoms with Crippen molar-refractivity contribution in [2.24, 2.45) is 0 Å². The van der Waals surface area contributed by atoms with Crippen LogP contribution in [0.2, 0.25) is 0 Å². The minimum atomic E-state index is -0.627. The van der Waals surface area contributed by atoms with E-state index >= 15 is 0 Å². The third-order valence-corrected chi connectivity index (χ3v) is 6.27. The zero-order valence-corrected chi connectivity index (χ0v) is 19.3. The summed E-state index contributed by atoms with van der Waals surface area (Å²) < 4.78 is 26.8. The van der Waals surface area contributed by atoms with Crippen molar-refractivity contribution in [1.29, 1.82) is 0 Å². The molecular weight excluding hydrogens is 499 g/mol. The lowest BCUT2D eigenvalue weighted by Gasteiger charge is -2.24. The summed E-state index contributed by atoms with van der Waals surface area (Å²) in [5.74, 6) is 0.912. The summed E-state index contributed by atoms with van der Waals surface area (Å²) in [6.07, 6.45) is 2.89. The van der Waals surface area contributed by atoms with E-state index in [0.717, 1.165) is 31.9 Å². The van der Waals surface area contributed by atoms with Gasteiger partial charge in [0.05, 0.1) is 18.6 Å². The fourth-order valence-corrected chi connectivity index (χ4v) is 4.94. The lowest BCUT2D eigenvalue weighted by Crippen LogP contribution is -2.27. The second-order valence-corrected chi connectivity index (χ2v) is 9.12. The third-order valence-electron chi connectivity index (χ3n) is 5.45. The van der Waals surface area contributed by atoms with Gasteiger partial charge in [0.2, 0.25) is 0 Å². The number of nitrogens with one attached hydrogen (secondary N) is 1. The van der Waals surface area contributed by atoms with Crippen LogP contribution in [0.3, 0.4) is 0 Å². The second kappa shape index (κ2) is 7.33. The first kappa shape index (κ1) is 20.0. The Kier molecular flexibility index (Phi) is 4.88. The fourth-order valence-electron chi connectivity index (χ4n) is 4.14. The minimum Gasteiger partial charge on any atom is -0.497 e. The summed E-state index contributed by atoms with van der Waals surface area (Å²) in [5.41, 5.74) is 1.70. The van der Waals surface area contributed by atoms with Crippen LogP contribution in [0.1, 0.15) is 27.0 Å². The maximum absolute atomic E-state index is 6.23. The Hall–Kier alpha value is -1.95. The van der Waals surface area contributed by atoms with Gasteiger partial charge < -0.3 is 28.8 Å². The molecule has 2 aliphatic rings. The Morgan fingerprint density at radius 3 is 2.60 bits per heavy atom. The van der Waals surface area contributed by atoms with Crippen molar-refractivity contribution in [2.45, 2.75) is 51.1 Å². The average Bonchev–Trinajstić information content (AvgIpc) is 3.32. The zero-order valence-electron chi connectivity index (χ0n) is 17.1. The highest BCUT2D eigenvalue weighted by Crippen LogP contribution is 2.44. The minimum absolute atomic E-state index is 0.0735. The number of benzene rings is 1. The van der Waals surface area contributed by atoms with Crippen LogP contribution in [0.25, 0.3) is 11.0 Å². The highest BCUT2D eigenvalue weighted by Gasteiger charge is 2.54. The van der Waals surface area contributed by atoms with Crippen LogP contribution in [0, 0.1) is 3.57 Å². The molecule has 0 radical (unpaired) electrons. The zero-order chi connectivity index (χ0) is 21.0. The summed E-state index contributed by atoms with van der Waals surface area (Å²) in [4.78, 5) is 9.04. The summed E-state index contributed by atoms with van der Waals surface area (Å²) in [5, 5.41) is 4.33. The molecule has 0 amide bonds. The summed E-state index contributed by atoms with van der Waals surface area (Å²) >= 11 is 2.31. The van der Waals surface area contributed by atoms with Crippen LogP contribution in [0.4, 0.5) is 11.5 Å². The number of aromatic nitrogens is 3. The smallest absolute Gasteiger partial charge is 0.164 e. The van der Waals surface area contributed by atoms with E-state index in [2.05, 4.69) is 37.9 Å². The Balaban J connectivity index is 1.52.